The molecule has 0 aliphatic heterocycles. The Balaban J connectivity index is 2.45. The fourth-order valence-electron chi connectivity index (χ4n) is 2.11. The number of aryl methyl sites for hydroxylation is 1. The average molecular weight is 300 g/mol. The Morgan fingerprint density at radius 2 is 2.00 bits per heavy atom. The van der Waals surface area contributed by atoms with Gasteiger partial charge in [0.25, 0.3) is 0 Å². The highest BCUT2D eigenvalue weighted by atomic mass is 32.1. The molecule has 0 aliphatic carbocycles. The number of carbonyl (C=O) groups excluding carboxylic acids is 1. The van der Waals surface area contributed by atoms with E-state index in [-0.39, 0.29) is 5.78 Å². The van der Waals surface area contributed by atoms with E-state index in [9.17, 15) is 18.0 Å². The number of thiophene rings is 1. The Bertz CT molecular complexity index is 640. The van der Waals surface area contributed by atoms with Crippen molar-refractivity contribution in [2.24, 2.45) is 0 Å². The minimum atomic E-state index is -4.35. The summed E-state index contributed by atoms with van der Waals surface area (Å²) in [5.41, 5.74) is -0.00402. The van der Waals surface area contributed by atoms with Crippen LogP contribution in [0.2, 0.25) is 0 Å². The van der Waals surface area contributed by atoms with Crippen LogP contribution >= 0.6 is 11.3 Å². The van der Waals surface area contributed by atoms with Crippen LogP contribution in [-0.4, -0.2) is 5.78 Å². The van der Waals surface area contributed by atoms with Gasteiger partial charge < -0.3 is 0 Å². The van der Waals surface area contributed by atoms with Crippen molar-refractivity contribution in [2.75, 3.05) is 0 Å². The summed E-state index contributed by atoms with van der Waals surface area (Å²) in [5.74, 6) is 0.0270. The molecule has 0 N–H and O–H groups in total. The first-order valence-corrected chi connectivity index (χ1v) is 7.29. The molecule has 0 radical (unpaired) electrons. The zero-order valence-corrected chi connectivity index (χ0v) is 12.1. The SMILES string of the molecule is CCCCC(=O)c1sc2ccc(C(F)(F)F)cc2c1C. The molecule has 1 heterocycles. The highest BCUT2D eigenvalue weighted by Crippen LogP contribution is 2.37. The standard InChI is InChI=1S/C15H15F3OS/c1-3-4-5-12(19)14-9(2)11-8-10(15(16,17)18)6-7-13(11)20-14/h6-8H,3-5H2,1-2H3. The van der Waals surface area contributed by atoms with Gasteiger partial charge in [0, 0.05) is 11.1 Å². The second-order valence-corrected chi connectivity index (χ2v) is 5.84. The van der Waals surface area contributed by atoms with E-state index in [4.69, 9.17) is 0 Å². The van der Waals surface area contributed by atoms with Gasteiger partial charge in [-0.15, -0.1) is 11.3 Å². The van der Waals surface area contributed by atoms with E-state index in [0.29, 0.717) is 22.2 Å². The number of rotatable bonds is 4. The summed E-state index contributed by atoms with van der Waals surface area (Å²) in [6.45, 7) is 3.72. The maximum atomic E-state index is 12.7. The molecule has 0 atom stereocenters. The Labute approximate surface area is 119 Å². The molecule has 0 saturated carbocycles. The molecule has 1 aromatic heterocycles. The van der Waals surface area contributed by atoms with Gasteiger partial charge in [0.05, 0.1) is 10.4 Å². The number of ketones is 1. The van der Waals surface area contributed by atoms with Crippen LogP contribution in [0.25, 0.3) is 10.1 Å². The molecular weight excluding hydrogens is 285 g/mol. The zero-order chi connectivity index (χ0) is 14.9. The number of carbonyl (C=O) groups is 1. The molecule has 108 valence electrons. The van der Waals surface area contributed by atoms with E-state index >= 15 is 0 Å². The van der Waals surface area contributed by atoms with Crippen molar-refractivity contribution in [2.45, 2.75) is 39.3 Å². The Morgan fingerprint density at radius 1 is 1.30 bits per heavy atom. The Kier molecular flexibility index (Phi) is 4.18. The maximum Gasteiger partial charge on any atom is 0.416 e. The number of Topliss-reactive ketones (excluding diaryl/α,β-unsaturated/α-hetero) is 1. The lowest BCUT2D eigenvalue weighted by Crippen LogP contribution is -2.04. The van der Waals surface area contributed by atoms with Crippen molar-refractivity contribution in [3.8, 4) is 0 Å². The molecule has 0 aliphatic rings. The topological polar surface area (TPSA) is 17.1 Å². The fraction of sp³-hybridized carbons (Fsp3) is 0.400. The molecule has 0 unspecified atom stereocenters. The minimum Gasteiger partial charge on any atom is -0.293 e. The predicted molar refractivity (Wildman–Crippen MR) is 75.4 cm³/mol. The van der Waals surface area contributed by atoms with E-state index in [2.05, 4.69) is 0 Å². The van der Waals surface area contributed by atoms with Crippen LogP contribution in [0.1, 0.15) is 47.0 Å². The summed E-state index contributed by atoms with van der Waals surface area (Å²) in [6, 6.07) is 3.66. The Hall–Kier alpha value is -1.36. The van der Waals surface area contributed by atoms with Crippen LogP contribution in [0.5, 0.6) is 0 Å². The lowest BCUT2D eigenvalue weighted by Gasteiger charge is -2.06. The van der Waals surface area contributed by atoms with Crippen molar-refractivity contribution >= 4 is 27.2 Å². The van der Waals surface area contributed by atoms with Crippen molar-refractivity contribution in [1.82, 2.24) is 0 Å². The van der Waals surface area contributed by atoms with Gasteiger partial charge in [-0.25, -0.2) is 0 Å². The lowest BCUT2D eigenvalue weighted by atomic mass is 10.1. The van der Waals surface area contributed by atoms with Crippen molar-refractivity contribution in [3.63, 3.8) is 0 Å². The van der Waals surface area contributed by atoms with Gasteiger partial charge in [0.1, 0.15) is 0 Å². The fourth-order valence-corrected chi connectivity index (χ4v) is 3.27. The number of benzene rings is 1. The molecule has 1 aromatic carbocycles. The highest BCUT2D eigenvalue weighted by Gasteiger charge is 2.31. The minimum absolute atomic E-state index is 0.0270. The largest absolute Gasteiger partial charge is 0.416 e. The third kappa shape index (κ3) is 2.87. The first-order valence-electron chi connectivity index (χ1n) is 6.48. The van der Waals surface area contributed by atoms with Gasteiger partial charge in [-0.2, -0.15) is 13.2 Å². The van der Waals surface area contributed by atoms with Gasteiger partial charge in [-0.3, -0.25) is 4.79 Å². The summed E-state index contributed by atoms with van der Waals surface area (Å²) in [6.07, 6.45) is -2.17. The van der Waals surface area contributed by atoms with Gasteiger partial charge in [-0.1, -0.05) is 13.3 Å². The maximum absolute atomic E-state index is 12.7. The monoisotopic (exact) mass is 300 g/mol. The molecular formula is C15H15F3OS. The number of hydrogen-bond acceptors (Lipinski definition) is 2. The molecule has 20 heavy (non-hydrogen) atoms. The molecule has 0 amide bonds. The quantitative estimate of drug-likeness (QED) is 0.671. The number of hydrogen-bond donors (Lipinski definition) is 0. The number of fused-ring (bicyclic) bond motifs is 1. The van der Waals surface area contributed by atoms with E-state index in [0.717, 1.165) is 29.7 Å². The van der Waals surface area contributed by atoms with Crippen LogP contribution in [0.3, 0.4) is 0 Å². The lowest BCUT2D eigenvalue weighted by molar-refractivity contribution is -0.137. The molecule has 0 saturated heterocycles. The first kappa shape index (κ1) is 15.0. The molecule has 0 spiro atoms. The van der Waals surface area contributed by atoms with Crippen LogP contribution in [0.15, 0.2) is 18.2 Å². The van der Waals surface area contributed by atoms with Crippen LogP contribution < -0.4 is 0 Å². The number of alkyl halides is 3. The Morgan fingerprint density at radius 3 is 2.60 bits per heavy atom. The second-order valence-electron chi connectivity index (χ2n) is 4.79. The molecule has 0 fully saturated rings. The molecule has 2 rings (SSSR count). The highest BCUT2D eigenvalue weighted by molar-refractivity contribution is 7.21. The van der Waals surface area contributed by atoms with Crippen molar-refractivity contribution in [3.05, 3.63) is 34.2 Å². The second kappa shape index (κ2) is 5.56. The molecule has 2 aromatic rings. The summed E-state index contributed by atoms with van der Waals surface area (Å²) < 4.78 is 38.9. The van der Waals surface area contributed by atoms with E-state index in [1.165, 1.54) is 17.4 Å². The molecule has 0 bridgehead atoms. The third-order valence-electron chi connectivity index (χ3n) is 3.27. The van der Waals surface area contributed by atoms with Crippen LogP contribution in [0, 0.1) is 6.92 Å². The average Bonchev–Trinajstić information content (AvgIpc) is 2.72. The van der Waals surface area contributed by atoms with Gasteiger partial charge in [-0.05, 0) is 42.5 Å². The van der Waals surface area contributed by atoms with E-state index in [1.54, 1.807) is 6.92 Å². The summed E-state index contributed by atoms with van der Waals surface area (Å²) >= 11 is 1.28. The van der Waals surface area contributed by atoms with Crippen molar-refractivity contribution in [1.29, 1.82) is 0 Å². The summed E-state index contributed by atoms with van der Waals surface area (Å²) in [5, 5.41) is 0.532. The molecule has 1 nitrogen and oxygen atoms in total. The van der Waals surface area contributed by atoms with Crippen LogP contribution in [-0.2, 0) is 6.18 Å². The smallest absolute Gasteiger partial charge is 0.293 e. The van der Waals surface area contributed by atoms with Gasteiger partial charge in [0.15, 0.2) is 5.78 Å². The number of unbranched alkanes of at least 4 members (excludes halogenated alkanes) is 1. The first-order chi connectivity index (χ1) is 9.34. The summed E-state index contributed by atoms with van der Waals surface area (Å²) in [4.78, 5) is 12.7. The predicted octanol–water partition coefficient (Wildman–Crippen LogP) is 5.60. The summed E-state index contributed by atoms with van der Waals surface area (Å²) in [7, 11) is 0. The van der Waals surface area contributed by atoms with E-state index in [1.807, 2.05) is 6.92 Å². The van der Waals surface area contributed by atoms with Gasteiger partial charge >= 0.3 is 6.18 Å². The number of halogens is 3. The molecule has 5 heteroatoms. The van der Waals surface area contributed by atoms with Crippen LogP contribution in [0.4, 0.5) is 13.2 Å². The van der Waals surface area contributed by atoms with Crippen molar-refractivity contribution < 1.29 is 18.0 Å². The zero-order valence-electron chi connectivity index (χ0n) is 11.3. The normalized spacial score (nSPS) is 12.1. The van der Waals surface area contributed by atoms with E-state index < -0.39 is 11.7 Å². The van der Waals surface area contributed by atoms with Gasteiger partial charge in [0.2, 0.25) is 0 Å². The third-order valence-corrected chi connectivity index (χ3v) is 4.59.